The molecule has 0 saturated carbocycles. The molecule has 1 amide bonds. The first-order chi connectivity index (χ1) is 16.2. The number of carbonyl (C=O) groups is 1. The molecule has 0 bridgehead atoms. The molecule has 4 aromatic rings. The summed E-state index contributed by atoms with van der Waals surface area (Å²) in [4.78, 5) is 15.1. The Morgan fingerprint density at radius 2 is 1.82 bits per heavy atom. The second-order valence-electron chi connectivity index (χ2n) is 8.13. The van der Waals surface area contributed by atoms with E-state index in [1.807, 2.05) is 71.6 Å². The molecular formula is C27H25N3O3. The van der Waals surface area contributed by atoms with Gasteiger partial charge in [0.05, 0.1) is 6.04 Å². The summed E-state index contributed by atoms with van der Waals surface area (Å²) in [5.74, 6) is 0.787. The molecule has 1 aliphatic rings. The molecule has 5 rings (SSSR count). The summed E-state index contributed by atoms with van der Waals surface area (Å²) in [5, 5.41) is 17.8. The Kier molecular flexibility index (Phi) is 5.57. The first-order valence-corrected chi connectivity index (χ1v) is 11.1. The average Bonchev–Trinajstić information content (AvgIpc) is 3.38. The molecule has 1 aliphatic heterocycles. The van der Waals surface area contributed by atoms with Crippen molar-refractivity contribution in [3.63, 3.8) is 0 Å². The number of benzene rings is 3. The number of phenols is 1. The topological polar surface area (TPSA) is 78.5 Å². The Labute approximate surface area is 192 Å². The van der Waals surface area contributed by atoms with E-state index in [0.29, 0.717) is 30.1 Å². The molecule has 6 heteroatoms. The summed E-state index contributed by atoms with van der Waals surface area (Å²) >= 11 is 0. The SMILES string of the molecule is CCCN1C(=O)c2[nH]nc(-c3ccccc3O)c2[C@@H]1c1cccc(OCc2ccccc2)c1. The number of amides is 1. The summed E-state index contributed by atoms with van der Waals surface area (Å²) in [5.41, 5.74) is 4.49. The van der Waals surface area contributed by atoms with E-state index in [1.54, 1.807) is 12.1 Å². The Morgan fingerprint density at radius 1 is 1.03 bits per heavy atom. The molecule has 1 atom stereocenters. The van der Waals surface area contributed by atoms with Gasteiger partial charge in [-0.15, -0.1) is 0 Å². The van der Waals surface area contributed by atoms with Gasteiger partial charge in [-0.05, 0) is 41.8 Å². The van der Waals surface area contributed by atoms with Crippen LogP contribution in [0.3, 0.4) is 0 Å². The van der Waals surface area contributed by atoms with Gasteiger partial charge in [0, 0.05) is 17.7 Å². The number of aromatic nitrogens is 2. The lowest BCUT2D eigenvalue weighted by molar-refractivity contribution is 0.0743. The Balaban J connectivity index is 1.54. The highest BCUT2D eigenvalue weighted by atomic mass is 16.5. The van der Waals surface area contributed by atoms with Gasteiger partial charge in [-0.3, -0.25) is 9.89 Å². The lowest BCUT2D eigenvalue weighted by atomic mass is 9.95. The van der Waals surface area contributed by atoms with E-state index in [2.05, 4.69) is 17.1 Å². The van der Waals surface area contributed by atoms with Crippen molar-refractivity contribution in [2.24, 2.45) is 0 Å². The standard InChI is InChI=1S/C27H25N3O3/c1-2-15-30-26(19-11-8-12-20(16-19)33-17-18-9-4-3-5-10-18)23-24(28-29-25(23)27(30)32)21-13-6-7-14-22(21)31/h3-14,16,26,31H,2,15,17H2,1H3,(H,28,29)/t26-/m0/s1. The molecule has 2 heterocycles. The summed E-state index contributed by atoms with van der Waals surface area (Å²) in [6.45, 7) is 3.13. The van der Waals surface area contributed by atoms with Gasteiger partial charge in [-0.2, -0.15) is 5.10 Å². The molecule has 3 aromatic carbocycles. The van der Waals surface area contributed by atoms with E-state index in [0.717, 1.165) is 28.9 Å². The van der Waals surface area contributed by atoms with Crippen molar-refractivity contribution < 1.29 is 14.6 Å². The van der Waals surface area contributed by atoms with Crippen LogP contribution in [0.25, 0.3) is 11.3 Å². The number of hydrogen-bond donors (Lipinski definition) is 2. The number of ether oxygens (including phenoxy) is 1. The largest absolute Gasteiger partial charge is 0.507 e. The molecular weight excluding hydrogens is 414 g/mol. The lowest BCUT2D eigenvalue weighted by Gasteiger charge is -2.26. The van der Waals surface area contributed by atoms with Crippen molar-refractivity contribution in [3.8, 4) is 22.8 Å². The van der Waals surface area contributed by atoms with Crippen LogP contribution in [0.2, 0.25) is 0 Å². The van der Waals surface area contributed by atoms with Gasteiger partial charge in [0.15, 0.2) is 0 Å². The van der Waals surface area contributed by atoms with E-state index >= 15 is 0 Å². The summed E-state index contributed by atoms with van der Waals surface area (Å²) in [7, 11) is 0. The van der Waals surface area contributed by atoms with Crippen LogP contribution in [0.15, 0.2) is 78.9 Å². The summed E-state index contributed by atoms with van der Waals surface area (Å²) in [6, 6.07) is 24.6. The highest BCUT2D eigenvalue weighted by Gasteiger charge is 2.42. The summed E-state index contributed by atoms with van der Waals surface area (Å²) in [6.07, 6.45) is 0.829. The normalized spacial score (nSPS) is 15.0. The zero-order valence-electron chi connectivity index (χ0n) is 18.4. The molecule has 166 valence electrons. The van der Waals surface area contributed by atoms with Crippen molar-refractivity contribution in [2.45, 2.75) is 26.0 Å². The van der Waals surface area contributed by atoms with Gasteiger partial charge >= 0.3 is 0 Å². The number of para-hydroxylation sites is 1. The zero-order chi connectivity index (χ0) is 22.8. The molecule has 0 saturated heterocycles. The van der Waals surface area contributed by atoms with Crippen LogP contribution in [0.4, 0.5) is 0 Å². The molecule has 0 unspecified atom stereocenters. The quantitative estimate of drug-likeness (QED) is 0.409. The first-order valence-electron chi connectivity index (χ1n) is 11.1. The number of hydrogen-bond acceptors (Lipinski definition) is 4. The fourth-order valence-electron chi connectivity index (χ4n) is 4.41. The van der Waals surface area contributed by atoms with Crippen LogP contribution in [0.1, 0.15) is 46.6 Å². The third-order valence-corrected chi connectivity index (χ3v) is 5.91. The minimum Gasteiger partial charge on any atom is -0.507 e. The van der Waals surface area contributed by atoms with E-state index in [-0.39, 0.29) is 17.7 Å². The van der Waals surface area contributed by atoms with Gasteiger partial charge in [0.25, 0.3) is 5.91 Å². The number of H-pyrrole nitrogens is 1. The molecule has 2 N–H and O–H groups in total. The average molecular weight is 440 g/mol. The molecule has 0 aliphatic carbocycles. The third-order valence-electron chi connectivity index (χ3n) is 5.91. The molecule has 0 fully saturated rings. The lowest BCUT2D eigenvalue weighted by Crippen LogP contribution is -2.30. The van der Waals surface area contributed by atoms with Crippen molar-refractivity contribution in [1.29, 1.82) is 0 Å². The first kappa shape index (κ1) is 20.8. The van der Waals surface area contributed by atoms with E-state index in [9.17, 15) is 9.90 Å². The van der Waals surface area contributed by atoms with E-state index < -0.39 is 0 Å². The van der Waals surface area contributed by atoms with Gasteiger partial charge < -0.3 is 14.7 Å². The van der Waals surface area contributed by atoms with Crippen molar-refractivity contribution in [2.75, 3.05) is 6.54 Å². The minimum atomic E-state index is -0.318. The van der Waals surface area contributed by atoms with Crippen molar-refractivity contribution >= 4 is 5.91 Å². The van der Waals surface area contributed by atoms with Crippen LogP contribution >= 0.6 is 0 Å². The number of aromatic amines is 1. The summed E-state index contributed by atoms with van der Waals surface area (Å²) < 4.78 is 6.05. The minimum absolute atomic E-state index is 0.0818. The van der Waals surface area contributed by atoms with Crippen LogP contribution in [0, 0.1) is 0 Å². The van der Waals surface area contributed by atoms with Crippen LogP contribution in [-0.4, -0.2) is 32.7 Å². The second kappa shape index (κ2) is 8.82. The van der Waals surface area contributed by atoms with Crippen LogP contribution in [-0.2, 0) is 6.61 Å². The number of phenolic OH excluding ortho intramolecular Hbond substituents is 1. The van der Waals surface area contributed by atoms with Crippen molar-refractivity contribution in [1.82, 2.24) is 15.1 Å². The van der Waals surface area contributed by atoms with E-state index in [4.69, 9.17) is 4.74 Å². The number of nitrogens with one attached hydrogen (secondary N) is 1. The molecule has 0 radical (unpaired) electrons. The fourth-order valence-corrected chi connectivity index (χ4v) is 4.41. The Bertz CT molecular complexity index is 1280. The fraction of sp³-hybridized carbons (Fsp3) is 0.185. The second-order valence-corrected chi connectivity index (χ2v) is 8.13. The van der Waals surface area contributed by atoms with Crippen LogP contribution in [0.5, 0.6) is 11.5 Å². The zero-order valence-corrected chi connectivity index (χ0v) is 18.4. The third kappa shape index (κ3) is 3.84. The smallest absolute Gasteiger partial charge is 0.273 e. The predicted molar refractivity (Wildman–Crippen MR) is 126 cm³/mol. The van der Waals surface area contributed by atoms with Gasteiger partial charge in [0.1, 0.15) is 29.5 Å². The van der Waals surface area contributed by atoms with Crippen molar-refractivity contribution in [3.05, 3.63) is 101 Å². The Morgan fingerprint density at radius 3 is 2.61 bits per heavy atom. The maximum Gasteiger partial charge on any atom is 0.273 e. The number of carbonyl (C=O) groups excluding carboxylic acids is 1. The maximum absolute atomic E-state index is 13.3. The predicted octanol–water partition coefficient (Wildman–Crippen LogP) is 5.32. The molecule has 0 spiro atoms. The van der Waals surface area contributed by atoms with E-state index in [1.165, 1.54) is 0 Å². The van der Waals surface area contributed by atoms with Crippen LogP contribution < -0.4 is 4.74 Å². The maximum atomic E-state index is 13.3. The molecule has 33 heavy (non-hydrogen) atoms. The molecule has 6 nitrogen and oxygen atoms in total. The number of rotatable bonds is 7. The molecule has 1 aromatic heterocycles. The number of fused-ring (bicyclic) bond motifs is 1. The highest BCUT2D eigenvalue weighted by molar-refractivity contribution is 6.00. The van der Waals surface area contributed by atoms with Gasteiger partial charge in [-0.25, -0.2) is 0 Å². The highest BCUT2D eigenvalue weighted by Crippen LogP contribution is 2.44. The number of nitrogens with zero attached hydrogens (tertiary/aromatic N) is 2. The Hall–Kier alpha value is -4.06. The van der Waals surface area contributed by atoms with Gasteiger partial charge in [-0.1, -0.05) is 61.5 Å². The monoisotopic (exact) mass is 439 g/mol. The van der Waals surface area contributed by atoms with Gasteiger partial charge in [0.2, 0.25) is 0 Å². The number of aromatic hydroxyl groups is 1.